The van der Waals surface area contributed by atoms with Gasteiger partial charge in [-0.05, 0) is 17.4 Å². The van der Waals surface area contributed by atoms with Gasteiger partial charge in [-0.2, -0.15) is 41.0 Å². The average Bonchev–Trinajstić information content (AvgIpc) is 3.42. The van der Waals surface area contributed by atoms with E-state index < -0.39 is 0 Å². The summed E-state index contributed by atoms with van der Waals surface area (Å²) in [5.74, 6) is 0.348. The molecule has 1 atom stereocenters. The Morgan fingerprint density at radius 3 is 1.79 bits per heavy atom. The van der Waals surface area contributed by atoms with Crippen LogP contribution in [-0.4, -0.2) is 3.71 Å². The van der Waals surface area contributed by atoms with E-state index in [9.17, 15) is 4.39 Å². The molecule has 3 aromatic carbocycles. The molecule has 0 bridgehead atoms. The maximum Gasteiger partial charge on any atom is -1.00 e. The van der Waals surface area contributed by atoms with Gasteiger partial charge >= 0.3 is 68.0 Å². The van der Waals surface area contributed by atoms with Gasteiger partial charge in [-0.1, -0.05) is 122 Å². The largest absolute Gasteiger partial charge is 1.00 e. The van der Waals surface area contributed by atoms with Crippen molar-refractivity contribution in [1.82, 2.24) is 0 Å². The molecule has 43 heavy (non-hydrogen) atoms. The SMILES string of the molecule is CC(C)(C)c1c[c-]c2c(c1)-c1cc(C(C)(C)C)ccc1C2.CC1=[C-]C(C)C=C1C(C)(C)C.Fc1ccc([CH]=[Zr+2])cc1.[Cl-].[Cl-]. The van der Waals surface area contributed by atoms with Crippen molar-refractivity contribution in [3.63, 3.8) is 0 Å². The standard InChI is InChI=1S/C21H25.C11H17.C7H5F.2ClH.Zr/c1-20(2,3)16-9-7-14-11-15-8-10-17(21(4,5)6)13-19(15)18(14)12-16;1-8-6-9(2)10(7-8)11(3,4)5;1-6-2-4-7(8)5-3-6;;;/h7,9-10,12-13H,11H2,1-6H3;7-8H,1-5H3;1-5H;2*1H;/q2*-1;;;;+2/p-2. The minimum absolute atomic E-state index is 0. The molecule has 0 nitrogen and oxygen atoms in total. The molecule has 1 unspecified atom stereocenters. The fraction of sp³-hybridized carbons (Fsp3) is 0.410. The summed E-state index contributed by atoms with van der Waals surface area (Å²) in [4.78, 5) is 0. The summed E-state index contributed by atoms with van der Waals surface area (Å²) in [6, 6.07) is 21.5. The predicted molar refractivity (Wildman–Crippen MR) is 172 cm³/mol. The molecule has 0 fully saturated rings. The topological polar surface area (TPSA) is 0 Å². The van der Waals surface area contributed by atoms with Gasteiger partial charge < -0.3 is 24.8 Å². The Labute approximate surface area is 288 Å². The van der Waals surface area contributed by atoms with Gasteiger partial charge in [0, 0.05) is 0 Å². The number of hydrogen-bond acceptors (Lipinski definition) is 0. The molecule has 0 N–H and O–H groups in total. The summed E-state index contributed by atoms with van der Waals surface area (Å²) in [7, 11) is 0. The van der Waals surface area contributed by atoms with E-state index >= 15 is 0 Å². The quantitative estimate of drug-likeness (QED) is 0.257. The fourth-order valence-electron chi connectivity index (χ4n) is 5.19. The molecule has 0 aromatic heterocycles. The molecule has 0 heterocycles. The second kappa shape index (κ2) is 15.6. The first-order valence-corrected chi connectivity index (χ1v) is 16.1. The smallest absolute Gasteiger partial charge is 1.00 e. The number of allylic oxidation sites excluding steroid dienone is 4. The van der Waals surface area contributed by atoms with Crippen molar-refractivity contribution >= 4 is 3.71 Å². The van der Waals surface area contributed by atoms with Gasteiger partial charge in [0.2, 0.25) is 0 Å². The molecule has 4 heteroatoms. The molecule has 0 saturated heterocycles. The van der Waals surface area contributed by atoms with Gasteiger partial charge in [-0.15, -0.1) is 5.56 Å². The van der Waals surface area contributed by atoms with E-state index in [-0.39, 0.29) is 41.5 Å². The Balaban J connectivity index is 0.000000356. The number of halogens is 3. The van der Waals surface area contributed by atoms with Crippen LogP contribution in [0.5, 0.6) is 0 Å². The zero-order chi connectivity index (χ0) is 30.8. The molecule has 5 rings (SSSR count). The number of benzene rings is 3. The van der Waals surface area contributed by atoms with Crippen LogP contribution >= 0.6 is 0 Å². The first-order valence-electron chi connectivity index (χ1n) is 14.7. The van der Waals surface area contributed by atoms with Gasteiger partial charge in [0.1, 0.15) is 0 Å². The maximum atomic E-state index is 12.2. The summed E-state index contributed by atoms with van der Waals surface area (Å²) in [6.45, 7) is 24.7. The number of hydrogen-bond donors (Lipinski definition) is 0. The molecule has 0 radical (unpaired) electrons. The van der Waals surface area contributed by atoms with Crippen LogP contribution in [-0.2, 0) is 41.5 Å². The van der Waals surface area contributed by atoms with Crippen molar-refractivity contribution in [1.29, 1.82) is 0 Å². The summed E-state index contributed by atoms with van der Waals surface area (Å²) in [6.07, 6.45) is 6.74. The van der Waals surface area contributed by atoms with Crippen LogP contribution in [0.25, 0.3) is 11.1 Å². The van der Waals surface area contributed by atoms with E-state index in [1.807, 2.05) is 3.71 Å². The summed E-state index contributed by atoms with van der Waals surface area (Å²) in [5, 5.41) is 0. The fourth-order valence-corrected chi connectivity index (χ4v) is 5.67. The second-order valence-electron chi connectivity index (χ2n) is 14.4. The van der Waals surface area contributed by atoms with Crippen LogP contribution in [0.3, 0.4) is 0 Å². The molecular weight excluding hydrogens is 650 g/mol. The van der Waals surface area contributed by atoms with Crippen molar-refractivity contribution in [2.75, 3.05) is 0 Å². The summed E-state index contributed by atoms with van der Waals surface area (Å²) >= 11 is 1.34. The normalized spacial score (nSPS) is 15.2. The monoisotopic (exact) mass is 694 g/mol. The number of rotatable bonds is 1. The van der Waals surface area contributed by atoms with Crippen molar-refractivity contribution in [2.45, 2.75) is 93.4 Å². The van der Waals surface area contributed by atoms with Gasteiger partial charge in [0.25, 0.3) is 0 Å². The van der Waals surface area contributed by atoms with Crippen LogP contribution in [0.4, 0.5) is 4.39 Å². The molecule has 0 spiro atoms. The third kappa shape index (κ3) is 10.8. The molecule has 0 saturated carbocycles. The zero-order valence-corrected chi connectivity index (χ0v) is 31.7. The van der Waals surface area contributed by atoms with Crippen LogP contribution in [0.1, 0.15) is 104 Å². The number of fused-ring (bicyclic) bond motifs is 3. The first kappa shape index (κ1) is 39.4. The minimum Gasteiger partial charge on any atom is -1.00 e. The van der Waals surface area contributed by atoms with E-state index in [4.69, 9.17) is 0 Å². The summed E-state index contributed by atoms with van der Waals surface area (Å²) in [5.41, 5.74) is 12.9. The third-order valence-electron chi connectivity index (χ3n) is 7.64. The molecular formula is C39H47Cl2FZr-2. The van der Waals surface area contributed by atoms with E-state index in [1.54, 1.807) is 12.1 Å². The van der Waals surface area contributed by atoms with Crippen molar-refractivity contribution < 1.29 is 53.4 Å². The Morgan fingerprint density at radius 1 is 0.791 bits per heavy atom. The van der Waals surface area contributed by atoms with Crippen LogP contribution in [0.2, 0.25) is 0 Å². The Morgan fingerprint density at radius 2 is 1.35 bits per heavy atom. The molecule has 0 amide bonds. The first-order chi connectivity index (χ1) is 18.9. The average molecular weight is 697 g/mol. The van der Waals surface area contributed by atoms with E-state index in [2.05, 4.69) is 125 Å². The van der Waals surface area contributed by atoms with Crippen LogP contribution < -0.4 is 24.8 Å². The molecule has 2 aliphatic rings. The Kier molecular flexibility index (Phi) is 14.3. The molecule has 3 aromatic rings. The van der Waals surface area contributed by atoms with Gasteiger partial charge in [0.15, 0.2) is 0 Å². The van der Waals surface area contributed by atoms with Gasteiger partial charge in [-0.3, -0.25) is 6.08 Å². The maximum absolute atomic E-state index is 12.2. The molecule has 0 aliphatic heterocycles. The Bertz CT molecular complexity index is 1380. The van der Waals surface area contributed by atoms with Gasteiger partial charge in [-0.25, -0.2) is 5.57 Å². The van der Waals surface area contributed by atoms with Crippen molar-refractivity contribution in [2.24, 2.45) is 11.3 Å². The molecule has 230 valence electrons. The predicted octanol–water partition coefficient (Wildman–Crippen LogP) is 4.54. The van der Waals surface area contributed by atoms with Crippen molar-refractivity contribution in [3.8, 4) is 11.1 Å². The van der Waals surface area contributed by atoms with Crippen LogP contribution in [0, 0.1) is 29.3 Å². The zero-order valence-electron chi connectivity index (χ0n) is 27.8. The van der Waals surface area contributed by atoms with E-state index in [0.717, 1.165) is 12.0 Å². The van der Waals surface area contributed by atoms with E-state index in [0.29, 0.717) is 11.3 Å². The molecule has 2 aliphatic carbocycles. The minimum atomic E-state index is -0.170. The van der Waals surface area contributed by atoms with Gasteiger partial charge in [0.05, 0.1) is 0 Å². The Hall–Kier alpha value is -1.60. The second-order valence-corrected chi connectivity index (χ2v) is 15.1. The summed E-state index contributed by atoms with van der Waals surface area (Å²) < 4.78 is 14.2. The van der Waals surface area contributed by atoms with E-state index in [1.165, 1.54) is 80.9 Å². The van der Waals surface area contributed by atoms with Crippen molar-refractivity contribution in [3.05, 3.63) is 118 Å². The van der Waals surface area contributed by atoms with Crippen LogP contribution in [0.15, 0.2) is 71.8 Å². The third-order valence-corrected chi connectivity index (χ3v) is 8.46.